The van der Waals surface area contributed by atoms with Crippen molar-refractivity contribution >= 4 is 11.6 Å². The molecule has 1 aromatic carbocycles. The molecule has 2 N–H and O–H groups in total. The number of benzene rings is 1. The van der Waals surface area contributed by atoms with Crippen LogP contribution < -0.4 is 5.32 Å². The highest BCUT2D eigenvalue weighted by Gasteiger charge is 2.16. The standard InChI is InChI=1S/C14H21NO2/c1-8(2)12-6-11(17)7-13(9(3)4)14(12)15-10(5)16/h6-9,17H,1-5H3,(H,15,16). The fraction of sp³-hybridized carbons (Fsp3) is 0.500. The summed E-state index contributed by atoms with van der Waals surface area (Å²) in [6.45, 7) is 9.68. The summed E-state index contributed by atoms with van der Waals surface area (Å²) in [4.78, 5) is 11.3. The summed E-state index contributed by atoms with van der Waals surface area (Å²) < 4.78 is 0. The summed E-state index contributed by atoms with van der Waals surface area (Å²) in [5, 5.41) is 12.6. The number of anilines is 1. The SMILES string of the molecule is CC(=O)Nc1c(C(C)C)cc(O)cc1C(C)C. The van der Waals surface area contributed by atoms with Crippen LogP contribution in [0.1, 0.15) is 57.6 Å². The summed E-state index contributed by atoms with van der Waals surface area (Å²) in [6.07, 6.45) is 0. The Hall–Kier alpha value is -1.51. The van der Waals surface area contributed by atoms with Gasteiger partial charge in [0, 0.05) is 12.6 Å². The minimum absolute atomic E-state index is 0.0838. The lowest BCUT2D eigenvalue weighted by molar-refractivity contribution is -0.114. The Morgan fingerprint density at radius 1 is 1.12 bits per heavy atom. The molecule has 0 radical (unpaired) electrons. The quantitative estimate of drug-likeness (QED) is 0.786. The van der Waals surface area contributed by atoms with Crippen molar-refractivity contribution in [1.82, 2.24) is 0 Å². The van der Waals surface area contributed by atoms with Crippen LogP contribution in [0, 0.1) is 0 Å². The minimum Gasteiger partial charge on any atom is -0.508 e. The second-order valence-electron chi connectivity index (χ2n) is 4.99. The van der Waals surface area contributed by atoms with Gasteiger partial charge in [0.1, 0.15) is 5.75 Å². The zero-order valence-corrected chi connectivity index (χ0v) is 11.2. The monoisotopic (exact) mass is 235 g/mol. The van der Waals surface area contributed by atoms with Gasteiger partial charge in [-0.15, -0.1) is 0 Å². The molecule has 0 spiro atoms. The van der Waals surface area contributed by atoms with E-state index >= 15 is 0 Å². The number of phenols is 1. The number of carbonyl (C=O) groups is 1. The van der Waals surface area contributed by atoms with Crippen LogP contribution in [0.2, 0.25) is 0 Å². The molecule has 0 aliphatic carbocycles. The largest absolute Gasteiger partial charge is 0.508 e. The van der Waals surface area contributed by atoms with Crippen LogP contribution >= 0.6 is 0 Å². The zero-order chi connectivity index (χ0) is 13.2. The van der Waals surface area contributed by atoms with E-state index in [4.69, 9.17) is 0 Å². The van der Waals surface area contributed by atoms with Crippen molar-refractivity contribution in [1.29, 1.82) is 0 Å². The second kappa shape index (κ2) is 5.21. The maximum absolute atomic E-state index is 11.3. The van der Waals surface area contributed by atoms with Crippen molar-refractivity contribution in [2.75, 3.05) is 5.32 Å². The molecule has 0 aliphatic rings. The normalized spacial score (nSPS) is 11.0. The fourth-order valence-corrected chi connectivity index (χ4v) is 1.90. The van der Waals surface area contributed by atoms with Crippen molar-refractivity contribution in [3.05, 3.63) is 23.3 Å². The molecule has 1 rings (SSSR count). The van der Waals surface area contributed by atoms with Crippen LogP contribution in [0.15, 0.2) is 12.1 Å². The minimum atomic E-state index is -0.0838. The van der Waals surface area contributed by atoms with Crippen LogP contribution in [-0.4, -0.2) is 11.0 Å². The van der Waals surface area contributed by atoms with Gasteiger partial charge in [-0.05, 0) is 35.1 Å². The van der Waals surface area contributed by atoms with E-state index < -0.39 is 0 Å². The molecule has 3 heteroatoms. The van der Waals surface area contributed by atoms with E-state index in [1.165, 1.54) is 6.92 Å². The van der Waals surface area contributed by atoms with Crippen molar-refractivity contribution < 1.29 is 9.90 Å². The number of phenolic OH excluding ortho intramolecular Hbond substituents is 1. The van der Waals surface area contributed by atoms with E-state index in [1.54, 1.807) is 12.1 Å². The molecule has 17 heavy (non-hydrogen) atoms. The lowest BCUT2D eigenvalue weighted by Crippen LogP contribution is -2.12. The van der Waals surface area contributed by atoms with E-state index in [9.17, 15) is 9.90 Å². The van der Waals surface area contributed by atoms with E-state index in [1.807, 2.05) is 27.7 Å². The number of hydrogen-bond donors (Lipinski definition) is 2. The van der Waals surface area contributed by atoms with Crippen LogP contribution in [-0.2, 0) is 4.79 Å². The van der Waals surface area contributed by atoms with Crippen molar-refractivity contribution in [2.45, 2.75) is 46.5 Å². The number of nitrogens with one attached hydrogen (secondary N) is 1. The first-order valence-electron chi connectivity index (χ1n) is 5.97. The van der Waals surface area contributed by atoms with Gasteiger partial charge in [0.2, 0.25) is 5.91 Å². The number of amides is 1. The van der Waals surface area contributed by atoms with Gasteiger partial charge in [0.05, 0.1) is 0 Å². The molecule has 0 saturated heterocycles. The highest BCUT2D eigenvalue weighted by Crippen LogP contribution is 2.35. The van der Waals surface area contributed by atoms with Crippen molar-refractivity contribution in [3.63, 3.8) is 0 Å². The third-order valence-corrected chi connectivity index (χ3v) is 2.73. The summed E-state index contributed by atoms with van der Waals surface area (Å²) in [5.74, 6) is 0.675. The third-order valence-electron chi connectivity index (χ3n) is 2.73. The lowest BCUT2D eigenvalue weighted by atomic mass is 9.92. The molecule has 0 aromatic heterocycles. The first-order chi connectivity index (χ1) is 7.82. The highest BCUT2D eigenvalue weighted by atomic mass is 16.3. The molecule has 0 atom stereocenters. The molecule has 0 saturated carbocycles. The van der Waals surface area contributed by atoms with Crippen molar-refractivity contribution in [2.24, 2.45) is 0 Å². The van der Waals surface area contributed by atoms with Crippen molar-refractivity contribution in [3.8, 4) is 5.75 Å². The maximum Gasteiger partial charge on any atom is 0.221 e. The summed E-state index contributed by atoms with van der Waals surface area (Å²) in [6, 6.07) is 3.45. The van der Waals surface area contributed by atoms with Gasteiger partial charge in [-0.3, -0.25) is 4.79 Å². The molecule has 94 valence electrons. The summed E-state index contributed by atoms with van der Waals surface area (Å²) in [7, 11) is 0. The Bertz CT molecular complexity index is 393. The molecule has 0 heterocycles. The Kier molecular flexibility index (Phi) is 4.16. The fourth-order valence-electron chi connectivity index (χ4n) is 1.90. The second-order valence-corrected chi connectivity index (χ2v) is 4.99. The summed E-state index contributed by atoms with van der Waals surface area (Å²) >= 11 is 0. The van der Waals surface area contributed by atoms with Crippen LogP contribution in [0.5, 0.6) is 5.75 Å². The van der Waals surface area contributed by atoms with Gasteiger partial charge < -0.3 is 10.4 Å². The highest BCUT2D eigenvalue weighted by molar-refractivity contribution is 5.91. The van der Waals surface area contributed by atoms with Crippen LogP contribution in [0.4, 0.5) is 5.69 Å². The molecular weight excluding hydrogens is 214 g/mol. The Balaban J connectivity index is 3.41. The first kappa shape index (κ1) is 13.6. The molecule has 0 bridgehead atoms. The molecular formula is C14H21NO2. The number of carbonyl (C=O) groups excluding carboxylic acids is 1. The van der Waals surface area contributed by atoms with Gasteiger partial charge >= 0.3 is 0 Å². The van der Waals surface area contributed by atoms with Gasteiger partial charge in [-0.1, -0.05) is 27.7 Å². The van der Waals surface area contributed by atoms with E-state index in [0.29, 0.717) is 0 Å². The van der Waals surface area contributed by atoms with Gasteiger partial charge in [-0.2, -0.15) is 0 Å². The van der Waals surface area contributed by atoms with E-state index in [-0.39, 0.29) is 23.5 Å². The average molecular weight is 235 g/mol. The van der Waals surface area contributed by atoms with E-state index in [2.05, 4.69) is 5.32 Å². The average Bonchev–Trinajstić information content (AvgIpc) is 2.18. The van der Waals surface area contributed by atoms with Gasteiger partial charge in [0.25, 0.3) is 0 Å². The number of rotatable bonds is 3. The van der Waals surface area contributed by atoms with Gasteiger partial charge in [0.15, 0.2) is 0 Å². The predicted molar refractivity (Wildman–Crippen MR) is 70.6 cm³/mol. The molecule has 3 nitrogen and oxygen atoms in total. The van der Waals surface area contributed by atoms with Crippen LogP contribution in [0.3, 0.4) is 0 Å². The predicted octanol–water partition coefficient (Wildman–Crippen LogP) is 3.60. The maximum atomic E-state index is 11.3. The summed E-state index contributed by atoms with van der Waals surface area (Å²) in [5.41, 5.74) is 2.80. The Morgan fingerprint density at radius 3 is 1.82 bits per heavy atom. The zero-order valence-electron chi connectivity index (χ0n) is 11.2. The topological polar surface area (TPSA) is 49.3 Å². The Morgan fingerprint density at radius 2 is 1.53 bits per heavy atom. The molecule has 0 unspecified atom stereocenters. The molecule has 0 aliphatic heterocycles. The van der Waals surface area contributed by atoms with E-state index in [0.717, 1.165) is 16.8 Å². The smallest absolute Gasteiger partial charge is 0.221 e. The third kappa shape index (κ3) is 3.22. The molecule has 0 fully saturated rings. The Labute approximate surface area is 103 Å². The number of hydrogen-bond acceptors (Lipinski definition) is 2. The lowest BCUT2D eigenvalue weighted by Gasteiger charge is -2.20. The molecule has 1 aromatic rings. The number of aromatic hydroxyl groups is 1. The molecule has 1 amide bonds. The van der Waals surface area contributed by atoms with Gasteiger partial charge in [-0.25, -0.2) is 0 Å². The first-order valence-corrected chi connectivity index (χ1v) is 5.97. The van der Waals surface area contributed by atoms with Crippen LogP contribution in [0.25, 0.3) is 0 Å².